The highest BCUT2D eigenvalue weighted by molar-refractivity contribution is 5.80. The Morgan fingerprint density at radius 1 is 1.26 bits per heavy atom. The van der Waals surface area contributed by atoms with Crippen molar-refractivity contribution in [1.82, 2.24) is 10.6 Å². The first kappa shape index (κ1) is 17.7. The quantitative estimate of drug-likeness (QED) is 0.306. The molecule has 0 aromatic carbocycles. The maximum Gasteiger partial charge on any atom is 0.305 e. The van der Waals surface area contributed by atoms with E-state index in [2.05, 4.69) is 48.1 Å². The highest BCUT2D eigenvalue weighted by Gasteiger charge is 2.08. The second-order valence-corrected chi connectivity index (χ2v) is 4.97. The summed E-state index contributed by atoms with van der Waals surface area (Å²) in [5, 5.41) is 6.60. The van der Waals surface area contributed by atoms with E-state index >= 15 is 0 Å². The number of nitrogens with one attached hydrogen (secondary N) is 2. The van der Waals surface area contributed by atoms with Crippen LogP contribution in [0.3, 0.4) is 0 Å². The minimum atomic E-state index is -0.151. The van der Waals surface area contributed by atoms with E-state index in [0.29, 0.717) is 18.4 Å². The molecule has 0 bridgehead atoms. The molecule has 19 heavy (non-hydrogen) atoms. The Balaban J connectivity index is 4.02. The Hall–Kier alpha value is -1.26. The van der Waals surface area contributed by atoms with E-state index in [4.69, 9.17) is 0 Å². The van der Waals surface area contributed by atoms with Crippen LogP contribution in [-0.2, 0) is 9.53 Å². The zero-order valence-corrected chi connectivity index (χ0v) is 13.0. The summed E-state index contributed by atoms with van der Waals surface area (Å²) in [5.74, 6) is 1.26. The van der Waals surface area contributed by atoms with Gasteiger partial charge in [0, 0.05) is 25.6 Å². The summed E-state index contributed by atoms with van der Waals surface area (Å²) in [5.41, 5.74) is 0. The molecule has 0 radical (unpaired) electrons. The second kappa shape index (κ2) is 10.6. The van der Waals surface area contributed by atoms with E-state index in [9.17, 15) is 4.79 Å². The van der Waals surface area contributed by atoms with Gasteiger partial charge in [-0.3, -0.25) is 9.79 Å². The van der Waals surface area contributed by atoms with Crippen LogP contribution >= 0.6 is 0 Å². The van der Waals surface area contributed by atoms with Crippen molar-refractivity contribution in [1.29, 1.82) is 0 Å². The van der Waals surface area contributed by atoms with Crippen molar-refractivity contribution in [2.45, 2.75) is 53.0 Å². The molecule has 0 aliphatic carbocycles. The lowest BCUT2D eigenvalue weighted by Gasteiger charge is -2.20. The molecular formula is C14H29N3O2. The maximum absolute atomic E-state index is 10.9. The van der Waals surface area contributed by atoms with Gasteiger partial charge >= 0.3 is 5.97 Å². The Morgan fingerprint density at radius 2 is 1.95 bits per heavy atom. The van der Waals surface area contributed by atoms with E-state index in [1.54, 1.807) is 0 Å². The fraction of sp³-hybridized carbons (Fsp3) is 0.857. The van der Waals surface area contributed by atoms with Crippen LogP contribution in [0.4, 0.5) is 0 Å². The summed E-state index contributed by atoms with van der Waals surface area (Å²) in [6.07, 6.45) is 2.18. The first-order chi connectivity index (χ1) is 9.01. The molecule has 0 aromatic rings. The van der Waals surface area contributed by atoms with Crippen LogP contribution in [-0.4, -0.2) is 38.2 Å². The SMILES string of the molecule is CCNC(=NCCCCC(=O)OC)NC(C)C(C)C. The van der Waals surface area contributed by atoms with Gasteiger partial charge in [0.05, 0.1) is 7.11 Å². The first-order valence-electron chi connectivity index (χ1n) is 7.12. The van der Waals surface area contributed by atoms with Crippen molar-refractivity contribution >= 4 is 11.9 Å². The van der Waals surface area contributed by atoms with E-state index in [0.717, 1.165) is 31.9 Å². The third kappa shape index (κ3) is 9.33. The van der Waals surface area contributed by atoms with Gasteiger partial charge in [-0.15, -0.1) is 0 Å². The number of methoxy groups -OCH3 is 1. The van der Waals surface area contributed by atoms with Gasteiger partial charge in [-0.05, 0) is 32.6 Å². The summed E-state index contributed by atoms with van der Waals surface area (Å²) < 4.78 is 4.60. The van der Waals surface area contributed by atoms with Gasteiger partial charge in [-0.1, -0.05) is 13.8 Å². The molecule has 0 spiro atoms. The van der Waals surface area contributed by atoms with Gasteiger partial charge in [0.15, 0.2) is 5.96 Å². The lowest BCUT2D eigenvalue weighted by molar-refractivity contribution is -0.140. The topological polar surface area (TPSA) is 62.7 Å². The smallest absolute Gasteiger partial charge is 0.305 e. The molecule has 0 rings (SSSR count). The second-order valence-electron chi connectivity index (χ2n) is 4.97. The number of carbonyl (C=O) groups excluding carboxylic acids is 1. The van der Waals surface area contributed by atoms with E-state index in [-0.39, 0.29) is 5.97 Å². The van der Waals surface area contributed by atoms with Crippen LogP contribution in [0, 0.1) is 5.92 Å². The van der Waals surface area contributed by atoms with Crippen LogP contribution in [0.2, 0.25) is 0 Å². The van der Waals surface area contributed by atoms with Crippen LogP contribution in [0.25, 0.3) is 0 Å². The van der Waals surface area contributed by atoms with Gasteiger partial charge in [0.1, 0.15) is 0 Å². The Morgan fingerprint density at radius 3 is 2.47 bits per heavy atom. The predicted octanol–water partition coefficient (Wildman–Crippen LogP) is 1.93. The lowest BCUT2D eigenvalue weighted by Crippen LogP contribution is -2.44. The van der Waals surface area contributed by atoms with E-state index < -0.39 is 0 Å². The normalized spacial score (nSPS) is 13.3. The molecule has 5 heteroatoms. The van der Waals surface area contributed by atoms with Crippen molar-refractivity contribution in [2.24, 2.45) is 10.9 Å². The first-order valence-corrected chi connectivity index (χ1v) is 7.12. The number of guanidine groups is 1. The van der Waals surface area contributed by atoms with Crippen molar-refractivity contribution in [2.75, 3.05) is 20.2 Å². The van der Waals surface area contributed by atoms with Gasteiger partial charge < -0.3 is 15.4 Å². The van der Waals surface area contributed by atoms with Crippen molar-refractivity contribution < 1.29 is 9.53 Å². The van der Waals surface area contributed by atoms with Crippen LogP contribution in [0.1, 0.15) is 47.0 Å². The molecule has 0 saturated heterocycles. The number of hydrogen-bond donors (Lipinski definition) is 2. The zero-order chi connectivity index (χ0) is 14.7. The maximum atomic E-state index is 10.9. The Labute approximate surface area is 117 Å². The molecule has 0 saturated carbocycles. The Kier molecular flexibility index (Phi) is 9.94. The predicted molar refractivity (Wildman–Crippen MR) is 79.3 cm³/mol. The Bertz CT molecular complexity index is 278. The minimum absolute atomic E-state index is 0.151. The fourth-order valence-electron chi connectivity index (χ4n) is 1.38. The molecule has 1 atom stereocenters. The van der Waals surface area contributed by atoms with Crippen LogP contribution < -0.4 is 10.6 Å². The molecule has 0 amide bonds. The summed E-state index contributed by atoms with van der Waals surface area (Å²) >= 11 is 0. The number of aliphatic imine (C=N–C) groups is 1. The number of esters is 1. The molecule has 1 unspecified atom stereocenters. The highest BCUT2D eigenvalue weighted by Crippen LogP contribution is 2.00. The molecular weight excluding hydrogens is 242 g/mol. The van der Waals surface area contributed by atoms with E-state index in [1.165, 1.54) is 7.11 Å². The van der Waals surface area contributed by atoms with E-state index in [1.807, 2.05) is 0 Å². The number of nitrogens with zero attached hydrogens (tertiary/aromatic N) is 1. The standard InChI is InChI=1S/C14H29N3O2/c1-6-15-14(17-12(4)11(2)3)16-10-8-7-9-13(18)19-5/h11-12H,6-10H2,1-5H3,(H2,15,16,17). The summed E-state index contributed by atoms with van der Waals surface area (Å²) in [6.45, 7) is 10.1. The number of carbonyl (C=O) groups is 1. The molecule has 2 N–H and O–H groups in total. The highest BCUT2D eigenvalue weighted by atomic mass is 16.5. The third-order valence-corrected chi connectivity index (χ3v) is 3.00. The summed E-state index contributed by atoms with van der Waals surface area (Å²) in [7, 11) is 1.42. The molecule has 0 aromatic heterocycles. The number of rotatable bonds is 8. The molecule has 0 fully saturated rings. The lowest BCUT2D eigenvalue weighted by atomic mass is 10.1. The summed E-state index contributed by atoms with van der Waals surface area (Å²) in [6, 6.07) is 0.382. The average molecular weight is 271 g/mol. The molecule has 5 nitrogen and oxygen atoms in total. The zero-order valence-electron chi connectivity index (χ0n) is 13.0. The number of hydrogen-bond acceptors (Lipinski definition) is 3. The van der Waals surface area contributed by atoms with Gasteiger partial charge in [-0.2, -0.15) is 0 Å². The average Bonchev–Trinajstić information content (AvgIpc) is 2.37. The van der Waals surface area contributed by atoms with Gasteiger partial charge in [0.2, 0.25) is 0 Å². The molecule has 112 valence electrons. The molecule has 0 heterocycles. The van der Waals surface area contributed by atoms with Gasteiger partial charge in [-0.25, -0.2) is 0 Å². The monoisotopic (exact) mass is 271 g/mol. The molecule has 0 aliphatic rings. The fourth-order valence-corrected chi connectivity index (χ4v) is 1.38. The largest absolute Gasteiger partial charge is 0.469 e. The van der Waals surface area contributed by atoms with Crippen molar-refractivity contribution in [3.05, 3.63) is 0 Å². The van der Waals surface area contributed by atoms with Crippen LogP contribution in [0.5, 0.6) is 0 Å². The minimum Gasteiger partial charge on any atom is -0.469 e. The number of ether oxygens (including phenoxy) is 1. The summed E-state index contributed by atoms with van der Waals surface area (Å²) in [4.78, 5) is 15.4. The van der Waals surface area contributed by atoms with Crippen molar-refractivity contribution in [3.8, 4) is 0 Å². The molecule has 0 aliphatic heterocycles. The van der Waals surface area contributed by atoms with Gasteiger partial charge in [0.25, 0.3) is 0 Å². The van der Waals surface area contributed by atoms with Crippen LogP contribution in [0.15, 0.2) is 4.99 Å². The van der Waals surface area contributed by atoms with Crippen molar-refractivity contribution in [3.63, 3.8) is 0 Å². The third-order valence-electron chi connectivity index (χ3n) is 3.00. The number of unbranched alkanes of at least 4 members (excludes halogenated alkanes) is 1.